The summed E-state index contributed by atoms with van der Waals surface area (Å²) in [6, 6.07) is 6.09. The van der Waals surface area contributed by atoms with E-state index in [2.05, 4.69) is 6.07 Å². The number of rotatable bonds is 4. The number of hydrogen-bond donors (Lipinski definition) is 0. The molecule has 1 aromatic rings. The molecule has 2 rings (SSSR count). The Morgan fingerprint density at radius 2 is 2.22 bits per heavy atom. The predicted octanol–water partition coefficient (Wildman–Crippen LogP) is 1.67. The Labute approximate surface area is 110 Å². The maximum atomic E-state index is 10.7. The summed E-state index contributed by atoms with van der Waals surface area (Å²) in [7, 11) is 0. The van der Waals surface area contributed by atoms with Gasteiger partial charge in [0.1, 0.15) is 5.75 Å². The van der Waals surface area contributed by atoms with E-state index < -0.39 is 11.1 Å². The average molecular weight is 268 g/mol. The third-order valence-electron chi connectivity index (χ3n) is 2.93. The van der Waals surface area contributed by atoms with E-state index >= 15 is 0 Å². The van der Waals surface area contributed by atoms with E-state index in [1.165, 1.54) is 11.1 Å². The highest BCUT2D eigenvalue weighted by molar-refractivity contribution is 7.79. The third kappa shape index (κ3) is 3.54. The van der Waals surface area contributed by atoms with Crippen LogP contribution in [-0.4, -0.2) is 32.2 Å². The van der Waals surface area contributed by atoms with Gasteiger partial charge in [0, 0.05) is 13.1 Å². The fourth-order valence-corrected chi connectivity index (χ4v) is 2.72. The molecule has 0 aromatic heterocycles. The lowest BCUT2D eigenvalue weighted by molar-refractivity contribution is 0.240. The zero-order valence-corrected chi connectivity index (χ0v) is 11.5. The molecule has 0 spiro atoms. The van der Waals surface area contributed by atoms with Gasteiger partial charge in [0.25, 0.3) is 0 Å². The molecule has 1 aliphatic rings. The summed E-state index contributed by atoms with van der Waals surface area (Å²) >= 11 is -2.01. The van der Waals surface area contributed by atoms with E-state index in [1.54, 1.807) is 0 Å². The number of hydrogen-bond acceptors (Lipinski definition) is 4. The van der Waals surface area contributed by atoms with E-state index in [1.807, 2.05) is 30.9 Å². The average Bonchev–Trinajstić information content (AvgIpc) is 2.26. The Morgan fingerprint density at radius 3 is 2.89 bits per heavy atom. The number of ether oxygens (including phenoxy) is 1. The Kier molecular flexibility index (Phi) is 4.37. The van der Waals surface area contributed by atoms with Crippen LogP contribution in [0.1, 0.15) is 25.0 Å². The summed E-state index contributed by atoms with van der Waals surface area (Å²) < 4.78 is 27.1. The monoisotopic (exact) mass is 268 g/mol. The van der Waals surface area contributed by atoms with Gasteiger partial charge in [-0.25, -0.2) is 0 Å². The van der Waals surface area contributed by atoms with Crippen molar-refractivity contribution in [2.75, 3.05) is 12.4 Å². The van der Waals surface area contributed by atoms with Crippen LogP contribution in [0.3, 0.4) is 0 Å². The molecule has 1 atom stereocenters. The van der Waals surface area contributed by atoms with Gasteiger partial charge >= 0.3 is 0 Å². The summed E-state index contributed by atoms with van der Waals surface area (Å²) in [6.45, 7) is 5.46. The molecule has 4 nitrogen and oxygen atoms in total. The maximum Gasteiger partial charge on any atom is 0.120 e. The molecule has 0 bridgehead atoms. The molecule has 0 radical (unpaired) electrons. The second kappa shape index (κ2) is 5.82. The first-order valence-electron chi connectivity index (χ1n) is 6.11. The van der Waals surface area contributed by atoms with Crippen molar-refractivity contribution in [2.45, 2.75) is 32.9 Å². The molecule has 1 aromatic carbocycles. The fraction of sp³-hybridized carbons (Fsp3) is 0.538. The van der Waals surface area contributed by atoms with Crippen LogP contribution in [0.5, 0.6) is 5.75 Å². The second-order valence-corrected chi connectivity index (χ2v) is 5.70. The first kappa shape index (κ1) is 13.5. The van der Waals surface area contributed by atoms with Crippen LogP contribution in [0.2, 0.25) is 0 Å². The number of benzene rings is 1. The van der Waals surface area contributed by atoms with Crippen molar-refractivity contribution in [2.24, 2.45) is 0 Å². The molecule has 100 valence electrons. The highest BCUT2D eigenvalue weighted by Crippen LogP contribution is 2.24. The van der Waals surface area contributed by atoms with E-state index in [-0.39, 0.29) is 12.0 Å². The minimum absolute atomic E-state index is 0.106. The van der Waals surface area contributed by atoms with Crippen molar-refractivity contribution in [3.63, 3.8) is 0 Å². The van der Waals surface area contributed by atoms with E-state index in [9.17, 15) is 8.76 Å². The van der Waals surface area contributed by atoms with Gasteiger partial charge < -0.3 is 9.29 Å². The molecule has 5 heteroatoms. The van der Waals surface area contributed by atoms with Crippen molar-refractivity contribution < 1.29 is 13.5 Å². The van der Waals surface area contributed by atoms with Crippen molar-refractivity contribution in [1.29, 1.82) is 0 Å². The van der Waals surface area contributed by atoms with Crippen LogP contribution in [0.15, 0.2) is 18.2 Å². The normalized spacial score (nSPS) is 17.6. The van der Waals surface area contributed by atoms with Crippen molar-refractivity contribution >= 4 is 11.1 Å². The Hall–Kier alpha value is -0.910. The number of fused-ring (bicyclic) bond motifs is 1. The molecule has 0 N–H and O–H groups in total. The van der Waals surface area contributed by atoms with E-state index in [0.29, 0.717) is 6.54 Å². The summed E-state index contributed by atoms with van der Waals surface area (Å²) in [5, 5.41) is 0. The topological polar surface area (TPSA) is 52.6 Å². The molecule has 1 aliphatic heterocycles. The highest BCUT2D eigenvalue weighted by Gasteiger charge is 2.16. The fourth-order valence-electron chi connectivity index (χ4n) is 2.20. The van der Waals surface area contributed by atoms with Crippen LogP contribution >= 0.6 is 0 Å². The largest absolute Gasteiger partial charge is 0.771 e. The van der Waals surface area contributed by atoms with Crippen LogP contribution in [-0.2, 0) is 24.0 Å². The third-order valence-corrected chi connectivity index (χ3v) is 3.50. The number of nitrogens with zero attached hydrogens (tertiary/aromatic N) is 1. The molecule has 0 aliphatic carbocycles. The molecule has 0 amide bonds. The van der Waals surface area contributed by atoms with Gasteiger partial charge in [0.05, 0.1) is 12.0 Å². The summed E-state index contributed by atoms with van der Waals surface area (Å²) in [6.07, 6.45) is 1.05. The van der Waals surface area contributed by atoms with Crippen molar-refractivity contribution in [3.8, 4) is 5.75 Å². The Balaban J connectivity index is 2.11. The summed E-state index contributed by atoms with van der Waals surface area (Å²) in [4.78, 5) is 1.94. The maximum absolute atomic E-state index is 10.7. The molecule has 1 heterocycles. The van der Waals surface area contributed by atoms with Crippen LogP contribution in [0.25, 0.3) is 0 Å². The van der Waals surface area contributed by atoms with Gasteiger partial charge in [-0.2, -0.15) is 0 Å². The molecule has 1 unspecified atom stereocenters. The van der Waals surface area contributed by atoms with Gasteiger partial charge in [-0.3, -0.25) is 9.11 Å². The lowest BCUT2D eigenvalue weighted by Gasteiger charge is -2.29. The SMILES string of the molecule is CC(C)Oc1ccc2c(c1)CN(CS(=O)[O-])CC2. The van der Waals surface area contributed by atoms with Crippen LogP contribution < -0.4 is 4.74 Å². The molecular weight excluding hydrogens is 250 g/mol. The standard InChI is InChI=1S/C13H19NO3S/c1-10(2)17-13-4-3-11-5-6-14(9-18(15)16)8-12(11)7-13/h3-4,7,10H,5-6,8-9H2,1-2H3,(H,15,16)/p-1. The molecule has 0 saturated carbocycles. The van der Waals surface area contributed by atoms with E-state index in [4.69, 9.17) is 4.74 Å². The smallest absolute Gasteiger partial charge is 0.120 e. The zero-order valence-electron chi connectivity index (χ0n) is 10.7. The van der Waals surface area contributed by atoms with Gasteiger partial charge in [-0.15, -0.1) is 0 Å². The van der Waals surface area contributed by atoms with Gasteiger partial charge in [0.15, 0.2) is 0 Å². The quantitative estimate of drug-likeness (QED) is 0.779. The second-order valence-electron chi connectivity index (χ2n) is 4.83. The van der Waals surface area contributed by atoms with Crippen molar-refractivity contribution in [3.05, 3.63) is 29.3 Å². The van der Waals surface area contributed by atoms with Gasteiger partial charge in [-0.1, -0.05) is 6.07 Å². The minimum atomic E-state index is -2.01. The Morgan fingerprint density at radius 1 is 1.44 bits per heavy atom. The summed E-state index contributed by atoms with van der Waals surface area (Å²) in [5.74, 6) is 0.961. The lowest BCUT2D eigenvalue weighted by atomic mass is 10.00. The zero-order chi connectivity index (χ0) is 13.1. The predicted molar refractivity (Wildman–Crippen MR) is 70.1 cm³/mol. The highest BCUT2D eigenvalue weighted by atomic mass is 32.2. The van der Waals surface area contributed by atoms with E-state index in [0.717, 1.165) is 18.7 Å². The first-order chi connectivity index (χ1) is 8.54. The van der Waals surface area contributed by atoms with Crippen LogP contribution in [0, 0.1) is 0 Å². The lowest BCUT2D eigenvalue weighted by Crippen LogP contribution is -2.33. The Bertz CT molecular complexity index is 448. The van der Waals surface area contributed by atoms with Crippen LogP contribution in [0.4, 0.5) is 0 Å². The molecule has 0 fully saturated rings. The molecule has 18 heavy (non-hydrogen) atoms. The van der Waals surface area contributed by atoms with Gasteiger partial charge in [0.2, 0.25) is 0 Å². The molecular formula is C13H18NO3S-. The summed E-state index contributed by atoms with van der Waals surface area (Å²) in [5.41, 5.74) is 2.46. The van der Waals surface area contributed by atoms with Crippen molar-refractivity contribution in [1.82, 2.24) is 4.90 Å². The molecule has 0 saturated heterocycles. The minimum Gasteiger partial charge on any atom is -0.771 e. The first-order valence-corrected chi connectivity index (χ1v) is 7.35. The van der Waals surface area contributed by atoms with Gasteiger partial charge in [-0.05, 0) is 54.6 Å².